The Kier molecular flexibility index (Phi) is 4.86. The van der Waals surface area contributed by atoms with E-state index in [0.29, 0.717) is 25.3 Å². The molecule has 8 nitrogen and oxygen atoms in total. The van der Waals surface area contributed by atoms with Gasteiger partial charge in [-0.1, -0.05) is 0 Å². The molecule has 2 fully saturated rings. The molecule has 0 aromatic carbocycles. The van der Waals surface area contributed by atoms with E-state index < -0.39 is 9.84 Å². The van der Waals surface area contributed by atoms with Crippen molar-refractivity contribution in [2.45, 2.75) is 18.6 Å². The SMILES string of the molecule is CN(C)C(=O)CN1CCN(Cc2c[nH]c(C#N)c2)[C@@H]2CS(=O)(=O)C[C@@H]21. The van der Waals surface area contributed by atoms with Crippen molar-refractivity contribution in [3.05, 3.63) is 23.5 Å². The second-order valence-electron chi connectivity index (χ2n) is 6.97. The third kappa shape index (κ3) is 3.86. The van der Waals surface area contributed by atoms with Gasteiger partial charge in [-0.25, -0.2) is 8.42 Å². The number of carbonyl (C=O) groups is 1. The zero-order valence-corrected chi connectivity index (χ0v) is 15.3. The fourth-order valence-electron chi connectivity index (χ4n) is 3.63. The van der Waals surface area contributed by atoms with Gasteiger partial charge in [-0.15, -0.1) is 0 Å². The summed E-state index contributed by atoms with van der Waals surface area (Å²) in [5.74, 6) is 0.214. The van der Waals surface area contributed by atoms with E-state index in [1.807, 2.05) is 4.90 Å². The Balaban J connectivity index is 1.76. The molecule has 136 valence electrons. The number of H-pyrrole nitrogens is 1. The standard InChI is InChI=1S/C16H23N5O3S/c1-19(2)16(22)9-21-4-3-20(8-12-5-13(6-17)18-7-12)14-10-25(23,24)11-15(14)21/h5,7,14-15,18H,3-4,8-11H2,1-2H3/t14-,15+/m1/s1. The van der Waals surface area contributed by atoms with Gasteiger partial charge in [-0.2, -0.15) is 5.26 Å². The molecule has 0 bridgehead atoms. The zero-order chi connectivity index (χ0) is 18.2. The number of piperazine rings is 1. The lowest BCUT2D eigenvalue weighted by molar-refractivity contribution is -0.131. The van der Waals surface area contributed by atoms with Gasteiger partial charge in [0.1, 0.15) is 11.8 Å². The zero-order valence-electron chi connectivity index (χ0n) is 14.5. The van der Waals surface area contributed by atoms with Crippen LogP contribution >= 0.6 is 0 Å². The van der Waals surface area contributed by atoms with Gasteiger partial charge in [-0.3, -0.25) is 14.6 Å². The van der Waals surface area contributed by atoms with Crippen LogP contribution in [0.5, 0.6) is 0 Å². The largest absolute Gasteiger partial charge is 0.353 e. The third-order valence-corrected chi connectivity index (χ3v) is 6.69. The molecule has 9 heteroatoms. The average molecular weight is 365 g/mol. The number of hydrogen-bond donors (Lipinski definition) is 1. The van der Waals surface area contributed by atoms with E-state index in [-0.39, 0.29) is 36.0 Å². The monoisotopic (exact) mass is 365 g/mol. The summed E-state index contributed by atoms with van der Waals surface area (Å²) in [5, 5.41) is 8.92. The van der Waals surface area contributed by atoms with Gasteiger partial charge in [-0.05, 0) is 11.6 Å². The van der Waals surface area contributed by atoms with Crippen LogP contribution in [0.25, 0.3) is 0 Å². The Hall–Kier alpha value is -1.89. The quantitative estimate of drug-likeness (QED) is 0.754. The summed E-state index contributed by atoms with van der Waals surface area (Å²) in [6.07, 6.45) is 1.79. The molecule has 3 rings (SSSR count). The lowest BCUT2D eigenvalue weighted by Gasteiger charge is -2.43. The Morgan fingerprint density at radius 3 is 2.56 bits per heavy atom. The first-order valence-electron chi connectivity index (χ1n) is 8.25. The lowest BCUT2D eigenvalue weighted by atomic mass is 10.0. The van der Waals surface area contributed by atoms with Crippen molar-refractivity contribution in [2.75, 3.05) is 45.2 Å². The van der Waals surface area contributed by atoms with Gasteiger partial charge in [0.25, 0.3) is 0 Å². The molecule has 2 atom stereocenters. The summed E-state index contributed by atoms with van der Waals surface area (Å²) in [6, 6.07) is 3.58. The Bertz CT molecular complexity index is 795. The normalized spacial score (nSPS) is 26.1. The summed E-state index contributed by atoms with van der Waals surface area (Å²) in [7, 11) is 0.306. The second kappa shape index (κ2) is 6.78. The van der Waals surface area contributed by atoms with Gasteiger partial charge < -0.3 is 9.88 Å². The highest BCUT2D eigenvalue weighted by Crippen LogP contribution is 2.28. The van der Waals surface area contributed by atoms with Crippen molar-refractivity contribution in [3.63, 3.8) is 0 Å². The van der Waals surface area contributed by atoms with E-state index in [2.05, 4.69) is 16.0 Å². The molecule has 0 unspecified atom stereocenters. The molecule has 25 heavy (non-hydrogen) atoms. The first-order chi connectivity index (χ1) is 11.8. The number of likely N-dealkylation sites (N-methyl/N-ethyl adjacent to an activating group) is 1. The van der Waals surface area contributed by atoms with Gasteiger partial charge in [0.15, 0.2) is 9.84 Å². The minimum atomic E-state index is -3.11. The van der Waals surface area contributed by atoms with Crippen molar-refractivity contribution in [3.8, 4) is 6.07 Å². The predicted molar refractivity (Wildman–Crippen MR) is 92.4 cm³/mol. The summed E-state index contributed by atoms with van der Waals surface area (Å²) in [5.41, 5.74) is 1.47. The molecule has 0 radical (unpaired) electrons. The topological polar surface area (TPSA) is 101 Å². The number of amides is 1. The number of nitrogens with one attached hydrogen (secondary N) is 1. The predicted octanol–water partition coefficient (Wildman–Crippen LogP) is -0.742. The Morgan fingerprint density at radius 1 is 1.32 bits per heavy atom. The molecule has 1 aromatic rings. The maximum absolute atomic E-state index is 12.2. The fourth-order valence-corrected chi connectivity index (χ4v) is 5.68. The van der Waals surface area contributed by atoms with E-state index in [1.165, 1.54) is 4.90 Å². The number of nitrogens with zero attached hydrogens (tertiary/aromatic N) is 4. The maximum atomic E-state index is 12.2. The number of sulfone groups is 1. The van der Waals surface area contributed by atoms with Crippen molar-refractivity contribution in [2.24, 2.45) is 0 Å². The Labute approximate surface area is 147 Å². The van der Waals surface area contributed by atoms with Crippen LogP contribution in [0.3, 0.4) is 0 Å². The van der Waals surface area contributed by atoms with Gasteiger partial charge in [0.2, 0.25) is 5.91 Å². The van der Waals surface area contributed by atoms with Crippen LogP contribution in [0.4, 0.5) is 0 Å². The molecule has 1 aromatic heterocycles. The van der Waals surface area contributed by atoms with Crippen molar-refractivity contribution < 1.29 is 13.2 Å². The first kappa shape index (κ1) is 17.9. The number of rotatable bonds is 4. The Morgan fingerprint density at radius 2 is 1.96 bits per heavy atom. The molecule has 0 saturated carbocycles. The molecule has 0 aliphatic carbocycles. The number of hydrogen-bond acceptors (Lipinski definition) is 6. The van der Waals surface area contributed by atoms with E-state index >= 15 is 0 Å². The summed E-state index contributed by atoms with van der Waals surface area (Å²) >= 11 is 0. The van der Waals surface area contributed by atoms with E-state index in [4.69, 9.17) is 5.26 Å². The molecule has 3 heterocycles. The molecule has 1 amide bonds. The molecular weight excluding hydrogens is 342 g/mol. The lowest BCUT2D eigenvalue weighted by Crippen LogP contribution is -2.60. The smallest absolute Gasteiger partial charge is 0.236 e. The van der Waals surface area contributed by atoms with Crippen molar-refractivity contribution in [1.29, 1.82) is 5.26 Å². The minimum Gasteiger partial charge on any atom is -0.353 e. The van der Waals surface area contributed by atoms with Crippen molar-refractivity contribution in [1.82, 2.24) is 19.7 Å². The van der Waals surface area contributed by atoms with Gasteiger partial charge in [0.05, 0.1) is 18.1 Å². The van der Waals surface area contributed by atoms with Crippen LogP contribution in [-0.2, 0) is 21.2 Å². The molecule has 2 saturated heterocycles. The summed E-state index contributed by atoms with van der Waals surface area (Å²) in [4.78, 5) is 20.7. The highest BCUT2D eigenvalue weighted by Gasteiger charge is 2.46. The van der Waals surface area contributed by atoms with E-state index in [0.717, 1.165) is 5.56 Å². The summed E-state index contributed by atoms with van der Waals surface area (Å²) in [6.45, 7) is 2.21. The van der Waals surface area contributed by atoms with Crippen LogP contribution < -0.4 is 0 Å². The van der Waals surface area contributed by atoms with E-state index in [9.17, 15) is 13.2 Å². The molecule has 0 spiro atoms. The fraction of sp³-hybridized carbons (Fsp3) is 0.625. The van der Waals surface area contributed by atoms with Crippen LogP contribution in [0.15, 0.2) is 12.3 Å². The summed E-state index contributed by atoms with van der Waals surface area (Å²) < 4.78 is 24.4. The number of fused-ring (bicyclic) bond motifs is 1. The number of carbonyl (C=O) groups excluding carboxylic acids is 1. The number of aromatic amines is 1. The van der Waals surface area contributed by atoms with Gasteiger partial charge in [0, 0.05) is 52.0 Å². The average Bonchev–Trinajstić information content (AvgIpc) is 3.12. The van der Waals surface area contributed by atoms with Crippen LogP contribution in [0.2, 0.25) is 0 Å². The maximum Gasteiger partial charge on any atom is 0.236 e. The molecule has 1 N–H and O–H groups in total. The third-order valence-electron chi connectivity index (χ3n) is 4.99. The number of nitriles is 1. The van der Waals surface area contributed by atoms with Crippen LogP contribution in [0, 0.1) is 11.3 Å². The van der Waals surface area contributed by atoms with Crippen molar-refractivity contribution >= 4 is 15.7 Å². The minimum absolute atomic E-state index is 0.0132. The first-order valence-corrected chi connectivity index (χ1v) is 10.1. The highest BCUT2D eigenvalue weighted by atomic mass is 32.2. The second-order valence-corrected chi connectivity index (χ2v) is 9.13. The molecule has 2 aliphatic rings. The van der Waals surface area contributed by atoms with Gasteiger partial charge >= 0.3 is 0 Å². The van der Waals surface area contributed by atoms with E-state index in [1.54, 1.807) is 26.4 Å². The number of aromatic nitrogens is 1. The van der Waals surface area contributed by atoms with Crippen LogP contribution in [-0.4, -0.2) is 91.3 Å². The molecular formula is C16H23N5O3S. The molecule has 2 aliphatic heterocycles. The highest BCUT2D eigenvalue weighted by molar-refractivity contribution is 7.91. The van der Waals surface area contributed by atoms with Crippen LogP contribution in [0.1, 0.15) is 11.3 Å².